The Hall–Kier alpha value is -1.69. The number of ether oxygens (including phenoxy) is 1. The van der Waals surface area contributed by atoms with E-state index in [1.165, 1.54) is 0 Å². The lowest BCUT2D eigenvalue weighted by Crippen LogP contribution is -2.43. The third-order valence-electron chi connectivity index (χ3n) is 4.00. The molecule has 0 aliphatic carbocycles. The summed E-state index contributed by atoms with van der Waals surface area (Å²) in [6.45, 7) is 4.88. The Morgan fingerprint density at radius 3 is 2.90 bits per heavy atom. The molecule has 6 heteroatoms. The van der Waals surface area contributed by atoms with Crippen LogP contribution in [-0.2, 0) is 16.6 Å². The molecule has 1 aromatic rings. The number of hydrogen-bond acceptors (Lipinski definition) is 5. The number of carbonyl (C=O) groups is 2. The Morgan fingerprint density at radius 1 is 1.52 bits per heavy atom. The van der Waals surface area contributed by atoms with Crippen molar-refractivity contribution in [3.05, 3.63) is 18.0 Å². The fraction of sp³-hybridized carbons (Fsp3) is 0.667. The summed E-state index contributed by atoms with van der Waals surface area (Å²) in [6, 6.07) is -0.184. The zero-order valence-electron chi connectivity index (χ0n) is 12.9. The minimum atomic E-state index is -0.292. The molecule has 0 bridgehead atoms. The maximum absolute atomic E-state index is 12.3. The summed E-state index contributed by atoms with van der Waals surface area (Å²) in [7, 11) is 1.79. The molecule has 21 heavy (non-hydrogen) atoms. The van der Waals surface area contributed by atoms with Gasteiger partial charge in [0, 0.05) is 25.7 Å². The van der Waals surface area contributed by atoms with Gasteiger partial charge in [-0.1, -0.05) is 0 Å². The van der Waals surface area contributed by atoms with Gasteiger partial charge in [0.05, 0.1) is 18.4 Å². The molecule has 1 fully saturated rings. The van der Waals surface area contributed by atoms with Crippen LogP contribution in [0.4, 0.5) is 0 Å². The third-order valence-corrected chi connectivity index (χ3v) is 4.00. The van der Waals surface area contributed by atoms with Crippen molar-refractivity contribution in [3.63, 3.8) is 0 Å². The number of aromatic nitrogens is 2. The first-order valence-electron chi connectivity index (χ1n) is 7.47. The molecule has 0 saturated carbocycles. The van der Waals surface area contributed by atoms with Gasteiger partial charge in [-0.3, -0.25) is 19.2 Å². The van der Waals surface area contributed by atoms with Gasteiger partial charge in [-0.15, -0.1) is 0 Å². The second kappa shape index (κ2) is 6.85. The van der Waals surface area contributed by atoms with Crippen LogP contribution >= 0.6 is 0 Å². The van der Waals surface area contributed by atoms with E-state index in [2.05, 4.69) is 10.00 Å². The second-order valence-electron chi connectivity index (χ2n) is 5.49. The van der Waals surface area contributed by atoms with Crippen molar-refractivity contribution in [1.29, 1.82) is 0 Å². The summed E-state index contributed by atoms with van der Waals surface area (Å²) < 4.78 is 6.70. The van der Waals surface area contributed by atoms with E-state index in [4.69, 9.17) is 4.74 Å². The molecule has 1 aromatic heterocycles. The minimum absolute atomic E-state index is 0.0797. The molecule has 1 aliphatic rings. The smallest absolute Gasteiger partial charge is 0.323 e. The predicted molar refractivity (Wildman–Crippen MR) is 78.0 cm³/mol. The number of Topliss-reactive ketones (excluding diaryl/α,β-unsaturated/α-hetero) is 1. The lowest BCUT2D eigenvalue weighted by Gasteiger charge is -2.28. The summed E-state index contributed by atoms with van der Waals surface area (Å²) in [5.41, 5.74) is 0.633. The number of hydrogen-bond donors (Lipinski definition) is 0. The molecular weight excluding hydrogens is 270 g/mol. The summed E-state index contributed by atoms with van der Waals surface area (Å²) in [4.78, 5) is 26.2. The van der Waals surface area contributed by atoms with E-state index in [1.807, 2.05) is 6.92 Å². The van der Waals surface area contributed by atoms with Crippen LogP contribution in [0.3, 0.4) is 0 Å². The van der Waals surface area contributed by atoms with Crippen LogP contribution in [0.5, 0.6) is 0 Å². The number of carbonyl (C=O) groups excluding carboxylic acids is 2. The summed E-state index contributed by atoms with van der Waals surface area (Å²) in [5, 5.41) is 4.03. The van der Waals surface area contributed by atoms with Gasteiger partial charge in [0.1, 0.15) is 6.04 Å². The van der Waals surface area contributed by atoms with Crippen molar-refractivity contribution in [2.45, 2.75) is 45.2 Å². The van der Waals surface area contributed by atoms with Crippen LogP contribution in [0.15, 0.2) is 12.4 Å². The van der Waals surface area contributed by atoms with Gasteiger partial charge in [0.25, 0.3) is 0 Å². The highest BCUT2D eigenvalue weighted by Crippen LogP contribution is 2.24. The second-order valence-corrected chi connectivity index (χ2v) is 5.49. The van der Waals surface area contributed by atoms with Crippen molar-refractivity contribution in [1.82, 2.24) is 14.7 Å². The van der Waals surface area contributed by atoms with E-state index in [0.29, 0.717) is 18.6 Å². The van der Waals surface area contributed by atoms with Crippen molar-refractivity contribution in [2.24, 2.45) is 7.05 Å². The molecule has 0 spiro atoms. The monoisotopic (exact) mass is 293 g/mol. The average molecular weight is 293 g/mol. The van der Waals surface area contributed by atoms with Gasteiger partial charge >= 0.3 is 5.97 Å². The third kappa shape index (κ3) is 3.69. The van der Waals surface area contributed by atoms with E-state index in [-0.39, 0.29) is 23.8 Å². The molecule has 116 valence electrons. The maximum Gasteiger partial charge on any atom is 0.323 e. The maximum atomic E-state index is 12.3. The number of rotatable bonds is 6. The van der Waals surface area contributed by atoms with E-state index in [0.717, 1.165) is 19.4 Å². The summed E-state index contributed by atoms with van der Waals surface area (Å²) in [5.74, 6) is -0.130. The zero-order valence-corrected chi connectivity index (χ0v) is 12.9. The molecule has 0 N–H and O–H groups in total. The van der Waals surface area contributed by atoms with Crippen LogP contribution in [-0.4, -0.2) is 51.7 Å². The summed E-state index contributed by atoms with van der Waals surface area (Å²) >= 11 is 0. The Morgan fingerprint density at radius 2 is 2.29 bits per heavy atom. The molecule has 1 saturated heterocycles. The molecule has 0 aromatic carbocycles. The van der Waals surface area contributed by atoms with Gasteiger partial charge in [0.15, 0.2) is 5.78 Å². The molecular formula is C15H23N3O3. The van der Waals surface area contributed by atoms with Crippen molar-refractivity contribution < 1.29 is 14.3 Å². The number of esters is 1. The van der Waals surface area contributed by atoms with E-state index in [9.17, 15) is 9.59 Å². The number of ketones is 1. The quantitative estimate of drug-likeness (QED) is 0.586. The number of nitrogens with zero attached hydrogens (tertiary/aromatic N) is 3. The first-order valence-corrected chi connectivity index (χ1v) is 7.47. The predicted octanol–water partition coefficient (Wildman–Crippen LogP) is 1.41. The van der Waals surface area contributed by atoms with E-state index < -0.39 is 0 Å². The van der Waals surface area contributed by atoms with Crippen LogP contribution in [0.25, 0.3) is 0 Å². The Kier molecular flexibility index (Phi) is 5.12. The fourth-order valence-electron chi connectivity index (χ4n) is 2.88. The topological polar surface area (TPSA) is 64.4 Å². The van der Waals surface area contributed by atoms with Crippen LogP contribution < -0.4 is 0 Å². The Bertz CT molecular complexity index is 512. The van der Waals surface area contributed by atoms with Crippen molar-refractivity contribution in [2.75, 3.05) is 13.2 Å². The normalized spacial score (nSPS) is 20.4. The zero-order chi connectivity index (χ0) is 15.4. The number of likely N-dealkylation sites (tertiary alicyclic amines) is 1. The van der Waals surface area contributed by atoms with E-state index >= 15 is 0 Å². The van der Waals surface area contributed by atoms with Crippen LogP contribution in [0.2, 0.25) is 0 Å². The molecule has 6 nitrogen and oxygen atoms in total. The molecule has 1 aliphatic heterocycles. The average Bonchev–Trinajstić information content (AvgIpc) is 3.07. The van der Waals surface area contributed by atoms with Gasteiger partial charge < -0.3 is 4.74 Å². The molecule has 2 heterocycles. The SMILES string of the molecule is CCOC(=O)C(C)N1CCCC1CC(=O)c1cnn(C)c1. The van der Waals surface area contributed by atoms with Gasteiger partial charge in [-0.2, -0.15) is 5.10 Å². The Balaban J connectivity index is 1.98. The standard InChI is InChI=1S/C15H23N3O3/c1-4-21-15(20)11(2)18-7-5-6-13(18)8-14(19)12-9-16-17(3)10-12/h9-11,13H,4-8H2,1-3H3. The number of aryl methyl sites for hydroxylation is 1. The minimum Gasteiger partial charge on any atom is -0.465 e. The van der Waals surface area contributed by atoms with Crippen molar-refractivity contribution in [3.8, 4) is 0 Å². The highest BCUT2D eigenvalue weighted by atomic mass is 16.5. The van der Waals surface area contributed by atoms with Gasteiger partial charge in [-0.25, -0.2) is 0 Å². The lowest BCUT2D eigenvalue weighted by atomic mass is 10.0. The van der Waals surface area contributed by atoms with Gasteiger partial charge in [-0.05, 0) is 33.2 Å². The molecule has 2 atom stereocenters. The van der Waals surface area contributed by atoms with E-state index in [1.54, 1.807) is 31.0 Å². The molecule has 0 amide bonds. The van der Waals surface area contributed by atoms with Crippen LogP contribution in [0, 0.1) is 0 Å². The first kappa shape index (κ1) is 15.7. The molecule has 0 radical (unpaired) electrons. The first-order chi connectivity index (χ1) is 10.0. The lowest BCUT2D eigenvalue weighted by molar-refractivity contribution is -0.149. The van der Waals surface area contributed by atoms with Crippen molar-refractivity contribution >= 4 is 11.8 Å². The van der Waals surface area contributed by atoms with Gasteiger partial charge in [0.2, 0.25) is 0 Å². The highest BCUT2D eigenvalue weighted by molar-refractivity contribution is 5.96. The molecule has 2 rings (SSSR count). The van der Waals surface area contributed by atoms with Crippen LogP contribution in [0.1, 0.15) is 43.5 Å². The summed E-state index contributed by atoms with van der Waals surface area (Å²) in [6.07, 6.45) is 5.70. The highest BCUT2D eigenvalue weighted by Gasteiger charge is 2.34. The molecule has 2 unspecified atom stereocenters. The largest absolute Gasteiger partial charge is 0.465 e. The fourth-order valence-corrected chi connectivity index (χ4v) is 2.88. The Labute approximate surface area is 125 Å².